The summed E-state index contributed by atoms with van der Waals surface area (Å²) >= 11 is 0. The van der Waals surface area contributed by atoms with Crippen molar-refractivity contribution in [2.45, 2.75) is 0 Å². The normalized spacial score (nSPS) is 10.1. The Labute approximate surface area is 157 Å². The molecular weight excluding hydrogens is 342 g/mol. The van der Waals surface area contributed by atoms with Crippen molar-refractivity contribution < 1.29 is 19.1 Å². The van der Waals surface area contributed by atoms with Gasteiger partial charge in [-0.25, -0.2) is 0 Å². The zero-order chi connectivity index (χ0) is 19.1. The molecule has 0 spiro atoms. The molecule has 0 aliphatic heterocycles. The minimum Gasteiger partial charge on any atom is -0.493 e. The highest BCUT2D eigenvalue weighted by atomic mass is 16.5. The van der Waals surface area contributed by atoms with Crippen LogP contribution in [0.5, 0.6) is 11.5 Å². The first-order valence-corrected chi connectivity index (χ1v) is 8.42. The van der Waals surface area contributed by atoms with Gasteiger partial charge < -0.3 is 9.47 Å². The average Bonchev–Trinajstić information content (AvgIpc) is 2.74. The van der Waals surface area contributed by atoms with Crippen LogP contribution in [0.25, 0.3) is 0 Å². The minimum atomic E-state index is -0.228. The molecule has 3 rings (SSSR count). The van der Waals surface area contributed by atoms with E-state index >= 15 is 0 Å². The fourth-order valence-electron chi connectivity index (χ4n) is 2.67. The van der Waals surface area contributed by atoms with E-state index in [0.29, 0.717) is 17.1 Å². The Morgan fingerprint density at radius 3 is 2.00 bits per heavy atom. The number of carbonyl (C=O) groups excluding carboxylic acids is 2. The van der Waals surface area contributed by atoms with Crippen molar-refractivity contribution >= 4 is 23.6 Å². The molecule has 0 saturated heterocycles. The van der Waals surface area contributed by atoms with Gasteiger partial charge in [-0.15, -0.1) is 0 Å². The summed E-state index contributed by atoms with van der Waals surface area (Å²) in [6.45, 7) is -0.180. The van der Waals surface area contributed by atoms with Crippen LogP contribution in [0.1, 0.15) is 10.4 Å². The van der Waals surface area contributed by atoms with E-state index in [9.17, 15) is 9.59 Å². The van der Waals surface area contributed by atoms with Crippen molar-refractivity contribution in [1.29, 1.82) is 0 Å². The highest BCUT2D eigenvalue weighted by molar-refractivity contribution is 6.01. The van der Waals surface area contributed by atoms with E-state index in [-0.39, 0.29) is 12.5 Å². The van der Waals surface area contributed by atoms with Gasteiger partial charge in [0, 0.05) is 16.9 Å². The van der Waals surface area contributed by atoms with Crippen molar-refractivity contribution in [3.05, 3.63) is 84.4 Å². The molecular formula is C22H19NO4. The van der Waals surface area contributed by atoms with E-state index in [1.807, 2.05) is 60.7 Å². The highest BCUT2D eigenvalue weighted by Crippen LogP contribution is 2.29. The third kappa shape index (κ3) is 4.33. The van der Waals surface area contributed by atoms with Crippen molar-refractivity contribution in [1.82, 2.24) is 0 Å². The third-order valence-corrected chi connectivity index (χ3v) is 3.95. The predicted molar refractivity (Wildman–Crippen MR) is 104 cm³/mol. The maximum atomic E-state index is 12.9. The van der Waals surface area contributed by atoms with E-state index in [4.69, 9.17) is 9.47 Å². The number of amides is 1. The number of hydrogen-bond acceptors (Lipinski definition) is 4. The highest BCUT2D eigenvalue weighted by Gasteiger charge is 2.19. The lowest BCUT2D eigenvalue weighted by Gasteiger charge is -2.23. The van der Waals surface area contributed by atoms with Crippen LogP contribution in [0.15, 0.2) is 78.9 Å². The molecule has 0 radical (unpaired) electrons. The molecule has 0 fully saturated rings. The van der Waals surface area contributed by atoms with Gasteiger partial charge in [-0.2, -0.15) is 0 Å². The van der Waals surface area contributed by atoms with Crippen molar-refractivity contribution in [3.8, 4) is 11.5 Å². The third-order valence-electron chi connectivity index (χ3n) is 3.95. The lowest BCUT2D eigenvalue weighted by atomic mass is 10.2. The Morgan fingerprint density at radius 2 is 1.48 bits per heavy atom. The van der Waals surface area contributed by atoms with Crippen molar-refractivity contribution in [2.75, 3.05) is 18.6 Å². The Kier molecular flexibility index (Phi) is 5.84. The SMILES string of the molecule is COc1cc(C=O)ccc1OCC(=O)N(c1ccccc1)c1ccccc1. The summed E-state index contributed by atoms with van der Waals surface area (Å²) in [5.41, 5.74) is 1.97. The molecule has 0 aromatic heterocycles. The number of carbonyl (C=O) groups is 2. The molecule has 0 heterocycles. The number of methoxy groups -OCH3 is 1. The molecule has 27 heavy (non-hydrogen) atoms. The minimum absolute atomic E-state index is 0.180. The van der Waals surface area contributed by atoms with Gasteiger partial charge in [-0.1, -0.05) is 36.4 Å². The second-order valence-corrected chi connectivity index (χ2v) is 5.72. The van der Waals surface area contributed by atoms with Gasteiger partial charge in [0.15, 0.2) is 18.1 Å². The van der Waals surface area contributed by atoms with Gasteiger partial charge in [-0.3, -0.25) is 14.5 Å². The molecule has 3 aromatic rings. The number of nitrogens with zero attached hydrogens (tertiary/aromatic N) is 1. The van der Waals surface area contributed by atoms with Gasteiger partial charge in [0.05, 0.1) is 7.11 Å². The van der Waals surface area contributed by atoms with E-state index in [0.717, 1.165) is 17.7 Å². The van der Waals surface area contributed by atoms with E-state index in [2.05, 4.69) is 0 Å². The summed E-state index contributed by atoms with van der Waals surface area (Å²) in [5, 5.41) is 0. The van der Waals surface area contributed by atoms with Crippen LogP contribution >= 0.6 is 0 Å². The summed E-state index contributed by atoms with van der Waals surface area (Å²) in [7, 11) is 1.48. The Balaban J connectivity index is 1.83. The van der Waals surface area contributed by atoms with Gasteiger partial charge in [0.25, 0.3) is 5.91 Å². The molecule has 1 amide bonds. The van der Waals surface area contributed by atoms with E-state index in [1.165, 1.54) is 7.11 Å². The number of anilines is 2. The molecule has 0 aliphatic rings. The molecule has 0 unspecified atom stereocenters. The number of benzene rings is 3. The maximum Gasteiger partial charge on any atom is 0.269 e. The van der Waals surface area contributed by atoms with Crippen LogP contribution in [-0.4, -0.2) is 25.9 Å². The second kappa shape index (κ2) is 8.67. The van der Waals surface area contributed by atoms with Crippen LogP contribution in [-0.2, 0) is 4.79 Å². The lowest BCUT2D eigenvalue weighted by molar-refractivity contribution is -0.119. The van der Waals surface area contributed by atoms with E-state index in [1.54, 1.807) is 23.1 Å². The quantitative estimate of drug-likeness (QED) is 0.590. The van der Waals surface area contributed by atoms with Gasteiger partial charge in [0.2, 0.25) is 0 Å². The molecule has 0 bridgehead atoms. The van der Waals surface area contributed by atoms with Crippen LogP contribution < -0.4 is 14.4 Å². The van der Waals surface area contributed by atoms with Gasteiger partial charge >= 0.3 is 0 Å². The van der Waals surface area contributed by atoms with Crippen molar-refractivity contribution in [2.24, 2.45) is 0 Å². The monoisotopic (exact) mass is 361 g/mol. The number of hydrogen-bond donors (Lipinski definition) is 0. The Morgan fingerprint density at radius 1 is 0.889 bits per heavy atom. The average molecular weight is 361 g/mol. The first-order valence-electron chi connectivity index (χ1n) is 8.42. The topological polar surface area (TPSA) is 55.8 Å². The summed E-state index contributed by atoms with van der Waals surface area (Å²) in [6.07, 6.45) is 0.726. The first kappa shape index (κ1) is 18.2. The Bertz CT molecular complexity index is 871. The summed E-state index contributed by atoms with van der Waals surface area (Å²) < 4.78 is 10.9. The van der Waals surface area contributed by atoms with Gasteiger partial charge in [-0.05, 0) is 42.5 Å². The fourth-order valence-corrected chi connectivity index (χ4v) is 2.67. The lowest BCUT2D eigenvalue weighted by Crippen LogP contribution is -2.30. The second-order valence-electron chi connectivity index (χ2n) is 5.72. The van der Waals surface area contributed by atoms with Crippen LogP contribution in [0.4, 0.5) is 11.4 Å². The van der Waals surface area contributed by atoms with Gasteiger partial charge in [0.1, 0.15) is 6.29 Å². The molecule has 5 nitrogen and oxygen atoms in total. The summed E-state index contributed by atoms with van der Waals surface area (Å²) in [6, 6.07) is 23.6. The molecule has 3 aromatic carbocycles. The van der Waals surface area contributed by atoms with Crippen LogP contribution in [0, 0.1) is 0 Å². The Hall–Kier alpha value is -3.60. The standard InChI is InChI=1S/C22H19NO4/c1-26-21-14-17(15-24)12-13-20(21)27-16-22(25)23(18-8-4-2-5-9-18)19-10-6-3-7-11-19/h2-15H,16H2,1H3. The molecule has 136 valence electrons. The van der Waals surface area contributed by atoms with E-state index < -0.39 is 0 Å². The summed E-state index contributed by atoms with van der Waals surface area (Å²) in [5.74, 6) is 0.574. The molecule has 0 atom stereocenters. The maximum absolute atomic E-state index is 12.9. The number of ether oxygens (including phenoxy) is 2. The first-order chi connectivity index (χ1) is 13.2. The van der Waals surface area contributed by atoms with Crippen molar-refractivity contribution in [3.63, 3.8) is 0 Å². The number of rotatable bonds is 7. The van der Waals surface area contributed by atoms with Crippen LogP contribution in [0.3, 0.4) is 0 Å². The van der Waals surface area contributed by atoms with Crippen LogP contribution in [0.2, 0.25) is 0 Å². The predicted octanol–water partition coefficient (Wildman–Crippen LogP) is 4.25. The zero-order valence-corrected chi connectivity index (χ0v) is 14.9. The number of aldehydes is 1. The largest absolute Gasteiger partial charge is 0.493 e. The molecule has 5 heteroatoms. The molecule has 0 aliphatic carbocycles. The molecule has 0 saturated carbocycles. The summed E-state index contributed by atoms with van der Waals surface area (Å²) in [4.78, 5) is 25.4. The smallest absolute Gasteiger partial charge is 0.269 e. The zero-order valence-electron chi connectivity index (χ0n) is 14.9. The fraction of sp³-hybridized carbons (Fsp3) is 0.0909. The molecule has 0 N–H and O–H groups in total. The number of para-hydroxylation sites is 2.